The van der Waals surface area contributed by atoms with E-state index in [0.717, 1.165) is 11.3 Å². The van der Waals surface area contributed by atoms with E-state index in [9.17, 15) is 4.79 Å². The molecule has 29 heavy (non-hydrogen) atoms. The smallest absolute Gasteiger partial charge is 0.203 e. The van der Waals surface area contributed by atoms with Crippen LogP contribution in [-0.4, -0.2) is 41.2 Å². The molecule has 0 aliphatic heterocycles. The predicted molar refractivity (Wildman–Crippen MR) is 118 cm³/mol. The van der Waals surface area contributed by atoms with Crippen LogP contribution >= 0.6 is 0 Å². The molecule has 0 aliphatic carbocycles. The van der Waals surface area contributed by atoms with Gasteiger partial charge in [0.15, 0.2) is 17.3 Å². The first kappa shape index (κ1) is 22.1. The van der Waals surface area contributed by atoms with Gasteiger partial charge in [-0.3, -0.25) is 4.79 Å². The number of nitrogens with two attached hydrogens (primary N) is 1. The largest absolute Gasteiger partial charge is 0.493 e. The number of hydrogen-bond donors (Lipinski definition) is 1. The zero-order chi connectivity index (χ0) is 21.7. The van der Waals surface area contributed by atoms with Crippen molar-refractivity contribution in [3.63, 3.8) is 0 Å². The molecule has 0 heterocycles. The molecule has 0 radical (unpaired) electrons. The van der Waals surface area contributed by atoms with Gasteiger partial charge in [0.1, 0.15) is 0 Å². The Labute approximate surface area is 172 Å². The van der Waals surface area contributed by atoms with Gasteiger partial charge in [-0.1, -0.05) is 13.8 Å². The summed E-state index contributed by atoms with van der Waals surface area (Å²) in [6.07, 6.45) is 1.84. The van der Waals surface area contributed by atoms with E-state index in [1.165, 1.54) is 0 Å². The van der Waals surface area contributed by atoms with Gasteiger partial charge in [-0.25, -0.2) is 0 Å². The van der Waals surface area contributed by atoms with Crippen molar-refractivity contribution in [3.8, 4) is 17.2 Å². The molecule has 2 aromatic carbocycles. The van der Waals surface area contributed by atoms with Crippen LogP contribution in [0, 0.1) is 5.92 Å². The maximum Gasteiger partial charge on any atom is 0.203 e. The topological polar surface area (TPSA) is 74.0 Å². The van der Waals surface area contributed by atoms with Crippen LogP contribution in [0.1, 0.15) is 29.8 Å². The lowest BCUT2D eigenvalue weighted by Gasteiger charge is -2.18. The number of carbonyl (C=O) groups is 1. The Morgan fingerprint density at radius 3 is 2.14 bits per heavy atom. The fraction of sp³-hybridized carbons (Fsp3) is 0.348. The van der Waals surface area contributed by atoms with Crippen molar-refractivity contribution in [2.24, 2.45) is 5.92 Å². The Balaban J connectivity index is 2.56. The third kappa shape index (κ3) is 4.65. The van der Waals surface area contributed by atoms with Crippen LogP contribution in [0.5, 0.6) is 17.2 Å². The van der Waals surface area contributed by atoms with E-state index in [4.69, 9.17) is 19.9 Å². The summed E-state index contributed by atoms with van der Waals surface area (Å²) in [6, 6.07) is 9.02. The van der Waals surface area contributed by atoms with E-state index in [1.54, 1.807) is 39.5 Å². The predicted octanol–water partition coefficient (Wildman–Crippen LogP) is 4.28. The summed E-state index contributed by atoms with van der Waals surface area (Å²) in [6.45, 7) is 3.96. The van der Waals surface area contributed by atoms with Crippen LogP contribution in [0.4, 0.5) is 11.4 Å². The third-order valence-electron chi connectivity index (χ3n) is 4.70. The molecule has 0 saturated carbocycles. The minimum atomic E-state index is -0.0751. The van der Waals surface area contributed by atoms with Crippen molar-refractivity contribution < 1.29 is 19.0 Å². The van der Waals surface area contributed by atoms with Gasteiger partial charge in [0.25, 0.3) is 0 Å². The molecule has 156 valence electrons. The Kier molecular flexibility index (Phi) is 7.15. The monoisotopic (exact) mass is 398 g/mol. The van der Waals surface area contributed by atoms with Gasteiger partial charge in [0.05, 0.1) is 32.7 Å². The molecule has 2 aromatic rings. The number of benzene rings is 2. The number of ketones is 1. The van der Waals surface area contributed by atoms with Crippen molar-refractivity contribution in [1.29, 1.82) is 0 Å². The third-order valence-corrected chi connectivity index (χ3v) is 4.70. The van der Waals surface area contributed by atoms with Crippen molar-refractivity contribution in [2.75, 3.05) is 46.1 Å². The highest BCUT2D eigenvalue weighted by Crippen LogP contribution is 2.41. The number of anilines is 2. The van der Waals surface area contributed by atoms with Crippen LogP contribution < -0.4 is 24.8 Å². The molecule has 0 bridgehead atoms. The zero-order valence-electron chi connectivity index (χ0n) is 18.2. The molecule has 0 amide bonds. The van der Waals surface area contributed by atoms with Gasteiger partial charge < -0.3 is 24.8 Å². The lowest BCUT2D eigenvalue weighted by molar-refractivity contribution is 0.102. The van der Waals surface area contributed by atoms with Crippen LogP contribution in [0.2, 0.25) is 0 Å². The Morgan fingerprint density at radius 1 is 1.00 bits per heavy atom. The van der Waals surface area contributed by atoms with Crippen LogP contribution in [0.25, 0.3) is 6.08 Å². The van der Waals surface area contributed by atoms with E-state index in [2.05, 4.69) is 0 Å². The number of hydrogen-bond acceptors (Lipinski definition) is 6. The van der Waals surface area contributed by atoms with Gasteiger partial charge in [-0.15, -0.1) is 0 Å². The van der Waals surface area contributed by atoms with Crippen molar-refractivity contribution in [2.45, 2.75) is 13.8 Å². The molecular weight excluding hydrogens is 368 g/mol. The maximum atomic E-state index is 13.3. The van der Waals surface area contributed by atoms with Crippen molar-refractivity contribution in [1.82, 2.24) is 0 Å². The number of carbonyl (C=O) groups excluding carboxylic acids is 1. The number of nitrogen functional groups attached to an aromatic ring is 1. The molecule has 0 fully saturated rings. The van der Waals surface area contributed by atoms with Crippen LogP contribution in [-0.2, 0) is 0 Å². The number of methoxy groups -OCH3 is 3. The summed E-state index contributed by atoms with van der Waals surface area (Å²) in [4.78, 5) is 15.2. The Morgan fingerprint density at radius 2 is 1.66 bits per heavy atom. The quantitative estimate of drug-likeness (QED) is 0.406. The van der Waals surface area contributed by atoms with Gasteiger partial charge in [0.2, 0.25) is 5.75 Å². The Hall–Kier alpha value is -3.15. The first-order chi connectivity index (χ1) is 13.7. The summed E-state index contributed by atoms with van der Waals surface area (Å²) < 4.78 is 16.3. The summed E-state index contributed by atoms with van der Waals surface area (Å²) in [5, 5.41) is 0. The molecular formula is C23H30N2O4. The van der Waals surface area contributed by atoms with Gasteiger partial charge in [0, 0.05) is 30.8 Å². The second-order valence-electron chi connectivity index (χ2n) is 7.18. The van der Waals surface area contributed by atoms with E-state index in [1.807, 2.05) is 51.1 Å². The van der Waals surface area contributed by atoms with Crippen LogP contribution in [0.15, 0.2) is 35.9 Å². The average molecular weight is 399 g/mol. The first-order valence-electron chi connectivity index (χ1n) is 9.37. The van der Waals surface area contributed by atoms with Gasteiger partial charge in [-0.05, 0) is 42.3 Å². The summed E-state index contributed by atoms with van der Waals surface area (Å²) >= 11 is 0. The van der Waals surface area contributed by atoms with E-state index < -0.39 is 0 Å². The van der Waals surface area contributed by atoms with Crippen molar-refractivity contribution in [3.05, 3.63) is 47.0 Å². The first-order valence-corrected chi connectivity index (χ1v) is 9.37. The fourth-order valence-electron chi connectivity index (χ4n) is 3.17. The second kappa shape index (κ2) is 9.37. The molecule has 0 aliphatic rings. The highest BCUT2D eigenvalue weighted by Gasteiger charge is 2.20. The second-order valence-corrected chi connectivity index (χ2v) is 7.18. The van der Waals surface area contributed by atoms with Gasteiger partial charge in [-0.2, -0.15) is 0 Å². The zero-order valence-corrected chi connectivity index (χ0v) is 18.2. The minimum absolute atomic E-state index is 0.00458. The van der Waals surface area contributed by atoms with E-state index >= 15 is 0 Å². The molecule has 6 nitrogen and oxygen atoms in total. The molecule has 0 unspecified atom stereocenters. The standard InChI is InChI=1S/C23H30N2O4/c1-14(2)17(21(26)15-8-10-19(25(3)4)18(24)13-15)12-16-9-11-20(27-5)23(29-7)22(16)28-6/h8-14H,24H2,1-7H3/b17-12+. The minimum Gasteiger partial charge on any atom is -0.493 e. The van der Waals surface area contributed by atoms with E-state index in [0.29, 0.717) is 34.1 Å². The maximum absolute atomic E-state index is 13.3. The SMILES string of the molecule is COc1ccc(/C=C(/C(=O)c2ccc(N(C)C)c(N)c2)C(C)C)c(OC)c1OC. The molecule has 2 N–H and O–H groups in total. The average Bonchev–Trinajstić information content (AvgIpc) is 2.69. The molecule has 0 aromatic heterocycles. The molecule has 0 spiro atoms. The van der Waals surface area contributed by atoms with Gasteiger partial charge >= 0.3 is 0 Å². The number of nitrogens with zero attached hydrogens (tertiary/aromatic N) is 1. The Bertz CT molecular complexity index is 917. The normalized spacial score (nSPS) is 11.4. The summed E-state index contributed by atoms with van der Waals surface area (Å²) in [5.41, 5.74) is 9.51. The lowest BCUT2D eigenvalue weighted by Crippen LogP contribution is -2.13. The summed E-state index contributed by atoms with van der Waals surface area (Å²) in [5.74, 6) is 1.48. The number of allylic oxidation sites excluding steroid dienone is 1. The van der Waals surface area contributed by atoms with Crippen LogP contribution in [0.3, 0.4) is 0 Å². The fourth-order valence-corrected chi connectivity index (χ4v) is 3.17. The van der Waals surface area contributed by atoms with Crippen molar-refractivity contribution >= 4 is 23.2 Å². The highest BCUT2D eigenvalue weighted by molar-refractivity contribution is 6.12. The number of Topliss-reactive ketones (excluding diaryl/α,β-unsaturated/α-hetero) is 1. The lowest BCUT2D eigenvalue weighted by atomic mass is 9.91. The summed E-state index contributed by atoms with van der Waals surface area (Å²) in [7, 11) is 8.51. The van der Waals surface area contributed by atoms with E-state index in [-0.39, 0.29) is 11.7 Å². The molecule has 0 saturated heterocycles. The molecule has 0 atom stereocenters. The number of ether oxygens (including phenoxy) is 3. The molecule has 6 heteroatoms. The highest BCUT2D eigenvalue weighted by atomic mass is 16.5. The number of rotatable bonds is 8. The molecule has 2 rings (SSSR count).